The number of methoxy groups -OCH3 is 1. The molecule has 1 amide bonds. The van der Waals surface area contributed by atoms with Gasteiger partial charge in [-0.25, -0.2) is 4.98 Å². The number of thiophene rings is 1. The number of hydrogen-bond donors (Lipinski definition) is 1. The molecule has 0 aliphatic carbocycles. The molecule has 0 fully saturated rings. The van der Waals surface area contributed by atoms with Crippen LogP contribution in [0.5, 0.6) is 5.75 Å². The van der Waals surface area contributed by atoms with E-state index in [1.165, 1.54) is 23.1 Å². The van der Waals surface area contributed by atoms with Crippen LogP contribution in [0.15, 0.2) is 83.3 Å². The highest BCUT2D eigenvalue weighted by atomic mass is 32.2. The number of nitrogens with one attached hydrogen (secondary N) is 1. The lowest BCUT2D eigenvalue weighted by Gasteiger charge is -2.11. The fraction of sp³-hybridized carbons (Fsp3) is 0.125. The Balaban J connectivity index is 1.61. The Labute approximate surface area is 193 Å². The second-order valence-corrected chi connectivity index (χ2v) is 8.80. The Bertz CT molecular complexity index is 1330. The molecule has 0 radical (unpaired) electrons. The van der Waals surface area contributed by atoms with Gasteiger partial charge in [-0.3, -0.25) is 14.2 Å². The lowest BCUT2D eigenvalue weighted by Crippen LogP contribution is -2.23. The van der Waals surface area contributed by atoms with E-state index in [4.69, 9.17) is 9.72 Å². The first-order chi connectivity index (χ1) is 15.6. The van der Waals surface area contributed by atoms with Gasteiger partial charge in [0.2, 0.25) is 5.91 Å². The summed E-state index contributed by atoms with van der Waals surface area (Å²) in [6.45, 7) is 4.07. The van der Waals surface area contributed by atoms with Gasteiger partial charge in [-0.1, -0.05) is 60.3 Å². The van der Waals surface area contributed by atoms with E-state index in [-0.39, 0.29) is 17.2 Å². The topological polar surface area (TPSA) is 73.2 Å². The van der Waals surface area contributed by atoms with Gasteiger partial charge >= 0.3 is 0 Å². The molecule has 0 saturated carbocycles. The molecular formula is C24H21N3O3S2. The van der Waals surface area contributed by atoms with E-state index in [9.17, 15) is 9.59 Å². The zero-order valence-corrected chi connectivity index (χ0v) is 19.0. The van der Waals surface area contributed by atoms with Crippen molar-refractivity contribution in [3.8, 4) is 16.2 Å². The molecule has 8 heteroatoms. The van der Waals surface area contributed by atoms with Crippen LogP contribution >= 0.6 is 23.1 Å². The lowest BCUT2D eigenvalue weighted by atomic mass is 10.2. The van der Waals surface area contributed by atoms with Gasteiger partial charge in [0.1, 0.15) is 10.6 Å². The summed E-state index contributed by atoms with van der Waals surface area (Å²) in [5, 5.41) is 3.90. The van der Waals surface area contributed by atoms with Gasteiger partial charge in [0, 0.05) is 11.4 Å². The highest BCUT2D eigenvalue weighted by molar-refractivity contribution is 7.99. The molecule has 2 aromatic heterocycles. The number of carbonyl (C=O) groups excluding carboxylic acids is 1. The van der Waals surface area contributed by atoms with E-state index in [1.54, 1.807) is 29.9 Å². The Morgan fingerprint density at radius 3 is 2.72 bits per heavy atom. The Morgan fingerprint density at radius 2 is 1.97 bits per heavy atom. The largest absolute Gasteiger partial charge is 0.495 e. The van der Waals surface area contributed by atoms with Gasteiger partial charge in [0.15, 0.2) is 5.16 Å². The monoisotopic (exact) mass is 463 g/mol. The molecule has 6 nitrogen and oxygen atoms in total. The SMILES string of the molecule is C=CCn1c(SCC(=O)Nc2ccccc2OC)nc2sc(-c3ccccc3)cc2c1=O. The van der Waals surface area contributed by atoms with Crippen molar-refractivity contribution >= 4 is 44.9 Å². The van der Waals surface area contributed by atoms with E-state index in [0.717, 1.165) is 10.4 Å². The van der Waals surface area contributed by atoms with E-state index >= 15 is 0 Å². The average Bonchev–Trinajstić information content (AvgIpc) is 3.25. The first kappa shape index (κ1) is 21.9. The van der Waals surface area contributed by atoms with Crippen LogP contribution in [0.3, 0.4) is 0 Å². The minimum atomic E-state index is -0.213. The number of fused-ring (bicyclic) bond motifs is 1. The van der Waals surface area contributed by atoms with Gasteiger partial charge in [0.25, 0.3) is 5.56 Å². The molecule has 0 atom stereocenters. The van der Waals surface area contributed by atoms with Crippen LogP contribution in [0.4, 0.5) is 5.69 Å². The average molecular weight is 464 g/mol. The second kappa shape index (κ2) is 9.84. The molecule has 2 heterocycles. The van der Waals surface area contributed by atoms with Crippen molar-refractivity contribution in [2.45, 2.75) is 11.7 Å². The van der Waals surface area contributed by atoms with Crippen LogP contribution in [-0.2, 0) is 11.3 Å². The van der Waals surface area contributed by atoms with Gasteiger partial charge in [-0.15, -0.1) is 17.9 Å². The predicted octanol–water partition coefficient (Wildman–Crippen LogP) is 5.05. The van der Waals surface area contributed by atoms with Crippen LogP contribution in [0, 0.1) is 0 Å². The van der Waals surface area contributed by atoms with Crippen molar-refractivity contribution in [3.05, 3.63) is 83.7 Å². The first-order valence-electron chi connectivity index (χ1n) is 9.87. The third-order valence-electron chi connectivity index (χ3n) is 4.70. The molecule has 162 valence electrons. The summed E-state index contributed by atoms with van der Waals surface area (Å²) in [5.41, 5.74) is 1.50. The van der Waals surface area contributed by atoms with Gasteiger partial charge in [-0.2, -0.15) is 0 Å². The van der Waals surface area contributed by atoms with Crippen molar-refractivity contribution in [2.75, 3.05) is 18.2 Å². The van der Waals surface area contributed by atoms with Crippen molar-refractivity contribution in [2.24, 2.45) is 0 Å². The fourth-order valence-corrected chi connectivity index (χ4v) is 5.09. The number of allylic oxidation sites excluding steroid dienone is 1. The molecule has 0 saturated heterocycles. The van der Waals surface area contributed by atoms with Crippen LogP contribution in [0.25, 0.3) is 20.7 Å². The van der Waals surface area contributed by atoms with Crippen molar-refractivity contribution in [3.63, 3.8) is 0 Å². The molecule has 32 heavy (non-hydrogen) atoms. The van der Waals surface area contributed by atoms with Gasteiger partial charge in [-0.05, 0) is 23.8 Å². The zero-order valence-electron chi connectivity index (χ0n) is 17.4. The maximum absolute atomic E-state index is 13.2. The summed E-state index contributed by atoms with van der Waals surface area (Å²) in [5.74, 6) is 0.473. The number of anilines is 1. The fourth-order valence-electron chi connectivity index (χ4n) is 3.21. The number of carbonyl (C=O) groups is 1. The van der Waals surface area contributed by atoms with E-state index in [2.05, 4.69) is 11.9 Å². The zero-order chi connectivity index (χ0) is 22.5. The Hall–Kier alpha value is -3.36. The normalized spacial score (nSPS) is 10.8. The molecule has 0 unspecified atom stereocenters. The minimum absolute atomic E-state index is 0.101. The van der Waals surface area contributed by atoms with Crippen LogP contribution in [0.2, 0.25) is 0 Å². The molecule has 0 bridgehead atoms. The van der Waals surface area contributed by atoms with Crippen molar-refractivity contribution in [1.82, 2.24) is 9.55 Å². The second-order valence-electron chi connectivity index (χ2n) is 6.83. The Morgan fingerprint density at radius 1 is 1.22 bits per heavy atom. The lowest BCUT2D eigenvalue weighted by molar-refractivity contribution is -0.113. The number of ether oxygens (including phenoxy) is 1. The van der Waals surface area contributed by atoms with Crippen molar-refractivity contribution in [1.29, 1.82) is 0 Å². The van der Waals surface area contributed by atoms with E-state index in [1.807, 2.05) is 48.5 Å². The van der Waals surface area contributed by atoms with Crippen LogP contribution in [0.1, 0.15) is 0 Å². The standard InChI is InChI=1S/C24H21N3O3S2/c1-3-13-27-23(29)17-14-20(16-9-5-4-6-10-16)32-22(17)26-24(27)31-15-21(28)25-18-11-7-8-12-19(18)30-2/h3-12,14H,1,13,15H2,2H3,(H,25,28). The summed E-state index contributed by atoms with van der Waals surface area (Å²) in [6, 6.07) is 19.0. The summed E-state index contributed by atoms with van der Waals surface area (Å²) >= 11 is 2.69. The minimum Gasteiger partial charge on any atom is -0.495 e. The van der Waals surface area contributed by atoms with Gasteiger partial charge < -0.3 is 10.1 Å². The smallest absolute Gasteiger partial charge is 0.263 e. The molecule has 0 aliphatic heterocycles. The number of aromatic nitrogens is 2. The third kappa shape index (κ3) is 4.61. The molecule has 0 aliphatic rings. The predicted molar refractivity (Wildman–Crippen MR) is 132 cm³/mol. The highest BCUT2D eigenvalue weighted by Crippen LogP contribution is 2.32. The Kier molecular flexibility index (Phi) is 6.72. The quantitative estimate of drug-likeness (QED) is 0.225. The van der Waals surface area contributed by atoms with E-state index < -0.39 is 0 Å². The number of hydrogen-bond acceptors (Lipinski definition) is 6. The van der Waals surface area contributed by atoms with Crippen LogP contribution in [-0.4, -0.2) is 28.3 Å². The molecule has 2 aromatic carbocycles. The summed E-state index contributed by atoms with van der Waals surface area (Å²) < 4.78 is 6.83. The number of nitrogens with zero attached hydrogens (tertiary/aromatic N) is 2. The molecule has 1 N–H and O–H groups in total. The van der Waals surface area contributed by atoms with Crippen LogP contribution < -0.4 is 15.6 Å². The van der Waals surface area contributed by atoms with E-state index in [0.29, 0.717) is 33.4 Å². The first-order valence-corrected chi connectivity index (χ1v) is 11.7. The molecule has 0 spiro atoms. The number of para-hydroxylation sites is 2. The number of benzene rings is 2. The summed E-state index contributed by atoms with van der Waals surface area (Å²) in [4.78, 5) is 32.0. The number of rotatable bonds is 8. The molecule has 4 aromatic rings. The van der Waals surface area contributed by atoms with Crippen molar-refractivity contribution < 1.29 is 9.53 Å². The van der Waals surface area contributed by atoms with Gasteiger partial charge in [0.05, 0.1) is 23.9 Å². The number of thioether (sulfide) groups is 1. The summed E-state index contributed by atoms with van der Waals surface area (Å²) in [7, 11) is 1.55. The maximum Gasteiger partial charge on any atom is 0.263 e. The highest BCUT2D eigenvalue weighted by Gasteiger charge is 2.16. The third-order valence-corrected chi connectivity index (χ3v) is 6.75. The molecular weight excluding hydrogens is 442 g/mol. The number of amides is 1. The maximum atomic E-state index is 13.2. The summed E-state index contributed by atoms with van der Waals surface area (Å²) in [6.07, 6.45) is 1.65. The molecule has 4 rings (SSSR count).